The number of rotatable bonds is 5. The van der Waals surface area contributed by atoms with E-state index in [1.54, 1.807) is 11.3 Å². The molecular weight excluding hydrogens is 254 g/mol. The van der Waals surface area contributed by atoms with Crippen molar-refractivity contribution in [2.75, 3.05) is 6.54 Å². The third-order valence-electron chi connectivity index (χ3n) is 3.39. The highest BCUT2D eigenvalue weighted by Crippen LogP contribution is 2.27. The zero-order valence-electron chi connectivity index (χ0n) is 11.7. The van der Waals surface area contributed by atoms with Crippen molar-refractivity contribution in [1.29, 1.82) is 0 Å². The Kier molecular flexibility index (Phi) is 4.27. The summed E-state index contributed by atoms with van der Waals surface area (Å²) in [6.45, 7) is 7.99. The summed E-state index contributed by atoms with van der Waals surface area (Å²) in [7, 11) is 0. The molecule has 0 amide bonds. The SMILES string of the molecule is Cc1cccc(CNCC(C)(C)c2cccs2)c1O. The van der Waals surface area contributed by atoms with Gasteiger partial charge in [0.15, 0.2) is 0 Å². The van der Waals surface area contributed by atoms with Crippen molar-refractivity contribution < 1.29 is 5.11 Å². The molecule has 0 aliphatic heterocycles. The first-order valence-corrected chi connectivity index (χ1v) is 7.41. The average Bonchev–Trinajstić information content (AvgIpc) is 2.89. The molecule has 102 valence electrons. The Morgan fingerprint density at radius 3 is 2.68 bits per heavy atom. The van der Waals surface area contributed by atoms with Crippen LogP contribution in [0, 0.1) is 6.92 Å². The largest absolute Gasteiger partial charge is 0.507 e. The molecule has 0 atom stereocenters. The van der Waals surface area contributed by atoms with E-state index in [1.807, 2.05) is 25.1 Å². The first kappa shape index (κ1) is 14.1. The molecular formula is C16H21NOS. The van der Waals surface area contributed by atoms with E-state index in [0.29, 0.717) is 12.3 Å². The summed E-state index contributed by atoms with van der Waals surface area (Å²) in [5.74, 6) is 0.406. The van der Waals surface area contributed by atoms with Crippen LogP contribution in [0.2, 0.25) is 0 Å². The smallest absolute Gasteiger partial charge is 0.122 e. The number of hydrogen-bond acceptors (Lipinski definition) is 3. The molecule has 1 aromatic heterocycles. The third-order valence-corrected chi connectivity index (χ3v) is 4.63. The molecule has 1 aromatic carbocycles. The number of para-hydroxylation sites is 1. The Morgan fingerprint density at radius 2 is 2.00 bits per heavy atom. The lowest BCUT2D eigenvalue weighted by molar-refractivity contribution is 0.447. The van der Waals surface area contributed by atoms with Gasteiger partial charge in [-0.25, -0.2) is 0 Å². The Hall–Kier alpha value is -1.32. The van der Waals surface area contributed by atoms with Crippen LogP contribution in [-0.4, -0.2) is 11.7 Å². The first-order chi connectivity index (χ1) is 9.00. The second-order valence-electron chi connectivity index (χ2n) is 5.55. The number of thiophene rings is 1. The van der Waals surface area contributed by atoms with Crippen molar-refractivity contribution in [1.82, 2.24) is 5.32 Å². The summed E-state index contributed by atoms with van der Waals surface area (Å²) in [6.07, 6.45) is 0. The Labute approximate surface area is 119 Å². The molecule has 3 heteroatoms. The van der Waals surface area contributed by atoms with Gasteiger partial charge in [-0.1, -0.05) is 38.1 Å². The normalized spacial score (nSPS) is 11.7. The highest BCUT2D eigenvalue weighted by Gasteiger charge is 2.21. The van der Waals surface area contributed by atoms with Gasteiger partial charge in [-0.2, -0.15) is 0 Å². The van der Waals surface area contributed by atoms with Crippen LogP contribution in [0.25, 0.3) is 0 Å². The van der Waals surface area contributed by atoms with E-state index in [2.05, 4.69) is 36.7 Å². The average molecular weight is 275 g/mol. The molecule has 19 heavy (non-hydrogen) atoms. The summed E-state index contributed by atoms with van der Waals surface area (Å²) in [4.78, 5) is 1.38. The minimum atomic E-state index is 0.119. The maximum absolute atomic E-state index is 9.97. The quantitative estimate of drug-likeness (QED) is 0.869. The molecule has 0 unspecified atom stereocenters. The lowest BCUT2D eigenvalue weighted by Crippen LogP contribution is -2.31. The molecule has 2 nitrogen and oxygen atoms in total. The topological polar surface area (TPSA) is 32.3 Å². The number of aryl methyl sites for hydroxylation is 1. The minimum Gasteiger partial charge on any atom is -0.507 e. The molecule has 0 saturated heterocycles. The van der Waals surface area contributed by atoms with Gasteiger partial charge >= 0.3 is 0 Å². The third kappa shape index (κ3) is 3.37. The second-order valence-corrected chi connectivity index (χ2v) is 6.50. The van der Waals surface area contributed by atoms with Crippen LogP contribution in [0.3, 0.4) is 0 Å². The Morgan fingerprint density at radius 1 is 1.21 bits per heavy atom. The second kappa shape index (κ2) is 5.76. The van der Waals surface area contributed by atoms with E-state index in [4.69, 9.17) is 0 Å². The molecule has 0 spiro atoms. The maximum atomic E-state index is 9.97. The van der Waals surface area contributed by atoms with Crippen LogP contribution >= 0.6 is 11.3 Å². The summed E-state index contributed by atoms with van der Waals surface area (Å²) in [5, 5.41) is 15.5. The van der Waals surface area contributed by atoms with Crippen molar-refractivity contribution in [2.24, 2.45) is 0 Å². The number of nitrogens with one attached hydrogen (secondary N) is 1. The number of hydrogen-bond donors (Lipinski definition) is 2. The van der Waals surface area contributed by atoms with Crippen LogP contribution in [-0.2, 0) is 12.0 Å². The summed E-state index contributed by atoms with van der Waals surface area (Å²) < 4.78 is 0. The fourth-order valence-electron chi connectivity index (χ4n) is 2.12. The number of phenolic OH excluding ortho intramolecular Hbond substituents is 1. The van der Waals surface area contributed by atoms with Gasteiger partial charge in [-0.05, 0) is 23.9 Å². The van der Waals surface area contributed by atoms with Crippen molar-refractivity contribution in [2.45, 2.75) is 32.7 Å². The minimum absolute atomic E-state index is 0.119. The van der Waals surface area contributed by atoms with Crippen LogP contribution < -0.4 is 5.32 Å². The van der Waals surface area contributed by atoms with E-state index in [1.165, 1.54) is 4.88 Å². The molecule has 1 heterocycles. The standard InChI is InChI=1S/C16H21NOS/c1-12-6-4-7-13(15(12)18)10-17-11-16(2,3)14-8-5-9-19-14/h4-9,17-18H,10-11H2,1-3H3. The summed E-state index contributed by atoms with van der Waals surface area (Å²) in [5.41, 5.74) is 2.01. The van der Waals surface area contributed by atoms with E-state index in [0.717, 1.165) is 17.7 Å². The first-order valence-electron chi connectivity index (χ1n) is 6.53. The molecule has 2 N–H and O–H groups in total. The fraction of sp³-hybridized carbons (Fsp3) is 0.375. The van der Waals surface area contributed by atoms with Crippen LogP contribution in [0.4, 0.5) is 0 Å². The van der Waals surface area contributed by atoms with Gasteiger partial charge in [0, 0.05) is 28.9 Å². The van der Waals surface area contributed by atoms with Gasteiger partial charge in [0.05, 0.1) is 0 Å². The number of phenols is 1. The van der Waals surface area contributed by atoms with Gasteiger partial charge in [-0.15, -0.1) is 11.3 Å². The van der Waals surface area contributed by atoms with Gasteiger partial charge in [0.2, 0.25) is 0 Å². The molecule has 0 aliphatic rings. The molecule has 0 fully saturated rings. The molecule has 0 bridgehead atoms. The van der Waals surface area contributed by atoms with Crippen molar-refractivity contribution in [3.8, 4) is 5.75 Å². The molecule has 2 rings (SSSR count). The molecule has 0 aliphatic carbocycles. The van der Waals surface area contributed by atoms with Gasteiger partial charge in [0.25, 0.3) is 0 Å². The van der Waals surface area contributed by atoms with E-state index < -0.39 is 0 Å². The zero-order valence-corrected chi connectivity index (χ0v) is 12.6. The highest BCUT2D eigenvalue weighted by molar-refractivity contribution is 7.10. The van der Waals surface area contributed by atoms with E-state index in [9.17, 15) is 5.11 Å². The molecule has 0 radical (unpaired) electrons. The maximum Gasteiger partial charge on any atom is 0.122 e. The predicted molar refractivity (Wildman–Crippen MR) is 81.9 cm³/mol. The lowest BCUT2D eigenvalue weighted by Gasteiger charge is -2.24. The Bertz CT molecular complexity index is 532. The van der Waals surface area contributed by atoms with Crippen LogP contribution in [0.1, 0.15) is 29.9 Å². The van der Waals surface area contributed by atoms with Gasteiger partial charge < -0.3 is 10.4 Å². The van der Waals surface area contributed by atoms with Crippen molar-refractivity contribution in [3.63, 3.8) is 0 Å². The molecule has 0 saturated carbocycles. The van der Waals surface area contributed by atoms with Crippen molar-refractivity contribution in [3.05, 3.63) is 51.7 Å². The zero-order chi connectivity index (χ0) is 13.9. The monoisotopic (exact) mass is 275 g/mol. The summed E-state index contributed by atoms with van der Waals surface area (Å²) in [6, 6.07) is 10.1. The van der Waals surface area contributed by atoms with Crippen LogP contribution in [0.5, 0.6) is 5.75 Å². The predicted octanol–water partition coefficient (Wildman–Crippen LogP) is 3.83. The number of benzene rings is 1. The lowest BCUT2D eigenvalue weighted by atomic mass is 9.91. The molecule has 2 aromatic rings. The summed E-state index contributed by atoms with van der Waals surface area (Å²) >= 11 is 1.79. The van der Waals surface area contributed by atoms with Gasteiger partial charge in [-0.3, -0.25) is 0 Å². The highest BCUT2D eigenvalue weighted by atomic mass is 32.1. The fourth-order valence-corrected chi connectivity index (χ4v) is 2.97. The van der Waals surface area contributed by atoms with Crippen molar-refractivity contribution >= 4 is 11.3 Å². The van der Waals surface area contributed by atoms with Crippen LogP contribution in [0.15, 0.2) is 35.7 Å². The van der Waals surface area contributed by atoms with Gasteiger partial charge in [0.1, 0.15) is 5.75 Å². The Balaban J connectivity index is 1.95. The number of aromatic hydroxyl groups is 1. The van der Waals surface area contributed by atoms with E-state index >= 15 is 0 Å². The van der Waals surface area contributed by atoms with E-state index in [-0.39, 0.29) is 5.41 Å².